The predicted octanol–water partition coefficient (Wildman–Crippen LogP) is 4.38. The standard InChI is InChI=1S/C17H15Cl2NO/c18-14-7-6-12(10-15(14)19)13-8-9-20-17(21)16(13)11-4-2-1-3-5-11/h1-7,10,13,16H,8-9H2,(H,20,21)/t13-,16+/m0/s1. The Balaban J connectivity index is 2.01. The van der Waals surface area contributed by atoms with Gasteiger partial charge in [0, 0.05) is 12.5 Å². The zero-order valence-electron chi connectivity index (χ0n) is 11.4. The molecule has 4 heteroatoms. The van der Waals surface area contributed by atoms with E-state index >= 15 is 0 Å². The molecule has 1 aliphatic heterocycles. The van der Waals surface area contributed by atoms with Crippen molar-refractivity contribution in [1.82, 2.24) is 5.32 Å². The van der Waals surface area contributed by atoms with Gasteiger partial charge in [0.2, 0.25) is 5.91 Å². The lowest BCUT2D eigenvalue weighted by Gasteiger charge is -2.32. The number of halogens is 2. The number of amides is 1. The van der Waals surface area contributed by atoms with Gasteiger partial charge < -0.3 is 5.32 Å². The number of benzene rings is 2. The van der Waals surface area contributed by atoms with E-state index in [1.165, 1.54) is 0 Å². The molecule has 2 nitrogen and oxygen atoms in total. The Hall–Kier alpha value is -1.51. The lowest BCUT2D eigenvalue weighted by Crippen LogP contribution is -2.39. The van der Waals surface area contributed by atoms with E-state index in [2.05, 4.69) is 5.32 Å². The van der Waals surface area contributed by atoms with Crippen LogP contribution in [-0.2, 0) is 4.79 Å². The van der Waals surface area contributed by atoms with E-state index in [1.807, 2.05) is 42.5 Å². The minimum atomic E-state index is -0.183. The van der Waals surface area contributed by atoms with Crippen LogP contribution >= 0.6 is 23.2 Å². The first-order valence-corrected chi connectivity index (χ1v) is 7.70. The summed E-state index contributed by atoms with van der Waals surface area (Å²) >= 11 is 12.1. The minimum Gasteiger partial charge on any atom is -0.356 e. The maximum absolute atomic E-state index is 12.4. The lowest BCUT2D eigenvalue weighted by molar-refractivity contribution is -0.124. The maximum Gasteiger partial charge on any atom is 0.228 e. The number of carbonyl (C=O) groups is 1. The topological polar surface area (TPSA) is 29.1 Å². The van der Waals surface area contributed by atoms with Crippen LogP contribution in [-0.4, -0.2) is 12.5 Å². The minimum absolute atomic E-state index is 0.0727. The third-order valence-electron chi connectivity index (χ3n) is 3.97. The molecule has 0 unspecified atom stereocenters. The normalized spacial score (nSPS) is 21.9. The van der Waals surface area contributed by atoms with Crippen molar-refractivity contribution in [2.75, 3.05) is 6.54 Å². The molecule has 0 aromatic heterocycles. The van der Waals surface area contributed by atoms with Gasteiger partial charge in [-0.15, -0.1) is 0 Å². The highest BCUT2D eigenvalue weighted by molar-refractivity contribution is 6.42. The molecule has 2 aromatic rings. The second kappa shape index (κ2) is 6.08. The van der Waals surface area contributed by atoms with Crippen molar-refractivity contribution in [2.24, 2.45) is 0 Å². The molecule has 0 bridgehead atoms. The molecule has 2 atom stereocenters. The lowest BCUT2D eigenvalue weighted by atomic mass is 9.77. The maximum atomic E-state index is 12.4. The molecule has 21 heavy (non-hydrogen) atoms. The van der Waals surface area contributed by atoms with Gasteiger partial charge in [0.1, 0.15) is 0 Å². The van der Waals surface area contributed by atoms with Gasteiger partial charge in [0.05, 0.1) is 16.0 Å². The molecule has 0 aliphatic carbocycles. The van der Waals surface area contributed by atoms with Gasteiger partial charge in [0.25, 0.3) is 0 Å². The highest BCUT2D eigenvalue weighted by Crippen LogP contribution is 2.39. The van der Waals surface area contributed by atoms with Crippen LogP contribution in [0.25, 0.3) is 0 Å². The second-order valence-corrected chi connectivity index (χ2v) is 6.06. The molecular weight excluding hydrogens is 305 g/mol. The fourth-order valence-corrected chi connectivity index (χ4v) is 3.26. The van der Waals surface area contributed by atoms with Gasteiger partial charge in [0.15, 0.2) is 0 Å². The van der Waals surface area contributed by atoms with Crippen molar-refractivity contribution in [1.29, 1.82) is 0 Å². The molecule has 1 aliphatic rings. The fraction of sp³-hybridized carbons (Fsp3) is 0.235. The van der Waals surface area contributed by atoms with Gasteiger partial charge >= 0.3 is 0 Å². The summed E-state index contributed by atoms with van der Waals surface area (Å²) in [5.41, 5.74) is 2.10. The Labute approximate surface area is 134 Å². The first-order valence-electron chi connectivity index (χ1n) is 6.94. The van der Waals surface area contributed by atoms with Crippen LogP contribution in [0.2, 0.25) is 10.0 Å². The Kier molecular flexibility index (Phi) is 4.18. The van der Waals surface area contributed by atoms with Crippen LogP contribution in [0.5, 0.6) is 0 Å². The van der Waals surface area contributed by atoms with E-state index < -0.39 is 0 Å². The third kappa shape index (κ3) is 2.92. The van der Waals surface area contributed by atoms with Gasteiger partial charge in [-0.05, 0) is 29.7 Å². The molecule has 108 valence electrons. The molecular formula is C17H15Cl2NO. The Morgan fingerprint density at radius 3 is 2.43 bits per heavy atom. The smallest absolute Gasteiger partial charge is 0.228 e. The molecule has 1 saturated heterocycles. The zero-order chi connectivity index (χ0) is 14.8. The van der Waals surface area contributed by atoms with Crippen molar-refractivity contribution >= 4 is 29.1 Å². The molecule has 2 aromatic carbocycles. The number of nitrogens with one attached hydrogen (secondary N) is 1. The highest BCUT2D eigenvalue weighted by Gasteiger charge is 2.34. The summed E-state index contributed by atoms with van der Waals surface area (Å²) < 4.78 is 0. The second-order valence-electron chi connectivity index (χ2n) is 5.25. The molecule has 1 heterocycles. The number of carbonyl (C=O) groups excluding carboxylic acids is 1. The summed E-state index contributed by atoms with van der Waals surface area (Å²) in [6.07, 6.45) is 0.892. The molecule has 0 saturated carbocycles. The number of hydrogen-bond donors (Lipinski definition) is 1. The van der Waals surface area contributed by atoms with Crippen LogP contribution in [0.4, 0.5) is 0 Å². The summed E-state index contributed by atoms with van der Waals surface area (Å²) in [6, 6.07) is 15.5. The SMILES string of the molecule is O=C1NCC[C@@H](c2ccc(Cl)c(Cl)c2)[C@H]1c1ccccc1. The van der Waals surface area contributed by atoms with Crippen LogP contribution in [0.3, 0.4) is 0 Å². The van der Waals surface area contributed by atoms with Gasteiger partial charge in [-0.25, -0.2) is 0 Å². The first-order chi connectivity index (χ1) is 10.2. The van der Waals surface area contributed by atoms with Crippen LogP contribution < -0.4 is 5.32 Å². The monoisotopic (exact) mass is 319 g/mol. The van der Waals surface area contributed by atoms with Crippen molar-refractivity contribution in [3.05, 3.63) is 69.7 Å². The van der Waals surface area contributed by atoms with E-state index in [0.29, 0.717) is 16.6 Å². The number of piperidine rings is 1. The Bertz CT molecular complexity index is 657. The van der Waals surface area contributed by atoms with Crippen LogP contribution in [0.1, 0.15) is 29.4 Å². The van der Waals surface area contributed by atoms with Crippen molar-refractivity contribution in [3.8, 4) is 0 Å². The van der Waals surface area contributed by atoms with Crippen molar-refractivity contribution in [2.45, 2.75) is 18.3 Å². The van der Waals surface area contributed by atoms with Crippen molar-refractivity contribution < 1.29 is 4.79 Å². The average Bonchev–Trinajstić information content (AvgIpc) is 2.50. The van der Waals surface area contributed by atoms with E-state index in [1.54, 1.807) is 6.07 Å². The molecule has 0 spiro atoms. The number of rotatable bonds is 2. The predicted molar refractivity (Wildman–Crippen MR) is 86.0 cm³/mol. The summed E-state index contributed by atoms with van der Waals surface area (Å²) in [4.78, 5) is 12.4. The summed E-state index contributed by atoms with van der Waals surface area (Å²) in [7, 11) is 0. The molecule has 1 N–H and O–H groups in total. The van der Waals surface area contributed by atoms with Crippen LogP contribution in [0.15, 0.2) is 48.5 Å². The van der Waals surface area contributed by atoms with E-state index in [4.69, 9.17) is 23.2 Å². The molecule has 1 amide bonds. The number of hydrogen-bond acceptors (Lipinski definition) is 1. The molecule has 0 radical (unpaired) electrons. The van der Waals surface area contributed by atoms with Crippen LogP contribution in [0, 0.1) is 0 Å². The largest absolute Gasteiger partial charge is 0.356 e. The van der Waals surface area contributed by atoms with E-state index in [-0.39, 0.29) is 17.7 Å². The van der Waals surface area contributed by atoms with Crippen molar-refractivity contribution in [3.63, 3.8) is 0 Å². The summed E-state index contributed by atoms with van der Waals surface area (Å²) in [5, 5.41) is 4.03. The van der Waals surface area contributed by atoms with Gasteiger partial charge in [-0.3, -0.25) is 4.79 Å². The van der Waals surface area contributed by atoms with Gasteiger partial charge in [-0.1, -0.05) is 59.6 Å². The zero-order valence-corrected chi connectivity index (χ0v) is 12.9. The van der Waals surface area contributed by atoms with E-state index in [9.17, 15) is 4.79 Å². The van der Waals surface area contributed by atoms with E-state index in [0.717, 1.165) is 17.5 Å². The first kappa shape index (κ1) is 14.4. The summed E-state index contributed by atoms with van der Waals surface area (Å²) in [6.45, 7) is 0.688. The Morgan fingerprint density at radius 2 is 1.71 bits per heavy atom. The average molecular weight is 320 g/mol. The summed E-state index contributed by atoms with van der Waals surface area (Å²) in [5.74, 6) is 0.0108. The molecule has 1 fully saturated rings. The Morgan fingerprint density at radius 1 is 0.952 bits per heavy atom. The quantitative estimate of drug-likeness (QED) is 0.874. The highest BCUT2D eigenvalue weighted by atomic mass is 35.5. The third-order valence-corrected chi connectivity index (χ3v) is 4.71. The fourth-order valence-electron chi connectivity index (χ4n) is 2.96. The molecule has 3 rings (SSSR count). The van der Waals surface area contributed by atoms with Gasteiger partial charge in [-0.2, -0.15) is 0 Å².